The van der Waals surface area contributed by atoms with Crippen molar-refractivity contribution in [3.63, 3.8) is 0 Å². The van der Waals surface area contributed by atoms with Crippen molar-refractivity contribution in [2.45, 2.75) is 18.5 Å². The highest BCUT2D eigenvalue weighted by Crippen LogP contribution is 2.31. The molecule has 33 heavy (non-hydrogen) atoms. The molecule has 2 amide bonds. The second-order valence-corrected chi connectivity index (χ2v) is 9.81. The van der Waals surface area contributed by atoms with E-state index < -0.39 is 0 Å². The Morgan fingerprint density at radius 1 is 0.727 bits per heavy atom. The van der Waals surface area contributed by atoms with Gasteiger partial charge < -0.3 is 0 Å². The van der Waals surface area contributed by atoms with E-state index in [1.807, 2.05) is 36.4 Å². The molecule has 2 saturated heterocycles. The fourth-order valence-corrected chi connectivity index (χ4v) is 5.31. The Labute approximate surface area is 208 Å². The molecule has 2 aliphatic heterocycles. The summed E-state index contributed by atoms with van der Waals surface area (Å²) in [5, 5.41) is 0. The number of halogens is 1. The first-order valence-electron chi connectivity index (χ1n) is 11.3. The number of imide groups is 1. The Balaban J connectivity index is 1.31. The summed E-state index contributed by atoms with van der Waals surface area (Å²) in [6.45, 7) is 3.21. The SMILES string of the molecule is O=C1C[C@H](N2CCN(C(c3ccccc3)c3ccccc3)CC2)C(=O)N1c1ccc(I)cc1. The van der Waals surface area contributed by atoms with Crippen molar-refractivity contribution in [1.29, 1.82) is 0 Å². The molecule has 0 aromatic heterocycles. The van der Waals surface area contributed by atoms with Crippen LogP contribution in [0.4, 0.5) is 5.69 Å². The average molecular weight is 551 g/mol. The number of amides is 2. The fraction of sp³-hybridized carbons (Fsp3) is 0.259. The maximum Gasteiger partial charge on any atom is 0.251 e. The van der Waals surface area contributed by atoms with Crippen molar-refractivity contribution in [2.24, 2.45) is 0 Å². The molecular weight excluding hydrogens is 525 g/mol. The second-order valence-electron chi connectivity index (χ2n) is 8.56. The first-order valence-corrected chi connectivity index (χ1v) is 12.4. The summed E-state index contributed by atoms with van der Waals surface area (Å²) in [5.41, 5.74) is 3.21. The molecule has 5 nitrogen and oxygen atoms in total. The molecule has 0 saturated carbocycles. The predicted octanol–water partition coefficient (Wildman–Crippen LogP) is 4.33. The number of rotatable bonds is 5. The molecular formula is C27H26IN3O2. The lowest BCUT2D eigenvalue weighted by molar-refractivity contribution is -0.123. The van der Waals surface area contributed by atoms with Gasteiger partial charge in [-0.2, -0.15) is 0 Å². The Bertz CT molecular complexity index is 1070. The highest BCUT2D eigenvalue weighted by Gasteiger charge is 2.43. The van der Waals surface area contributed by atoms with Crippen molar-refractivity contribution >= 4 is 40.1 Å². The van der Waals surface area contributed by atoms with Gasteiger partial charge in [0.1, 0.15) is 0 Å². The molecule has 1 atom stereocenters. The number of carbonyl (C=O) groups is 2. The third-order valence-corrected chi connectivity index (χ3v) is 7.31. The lowest BCUT2D eigenvalue weighted by Crippen LogP contribution is -2.53. The smallest absolute Gasteiger partial charge is 0.251 e. The Morgan fingerprint density at radius 3 is 1.82 bits per heavy atom. The van der Waals surface area contributed by atoms with Gasteiger partial charge in [-0.3, -0.25) is 19.4 Å². The second kappa shape index (κ2) is 9.75. The molecule has 6 heteroatoms. The Hall–Kier alpha value is -2.55. The van der Waals surface area contributed by atoms with Crippen LogP contribution >= 0.6 is 22.6 Å². The summed E-state index contributed by atoms with van der Waals surface area (Å²) < 4.78 is 1.08. The first kappa shape index (κ1) is 22.3. The number of nitrogens with zero attached hydrogens (tertiary/aromatic N) is 3. The lowest BCUT2D eigenvalue weighted by Gasteiger charge is -2.41. The average Bonchev–Trinajstić information content (AvgIpc) is 3.15. The van der Waals surface area contributed by atoms with Crippen LogP contribution in [0.2, 0.25) is 0 Å². The van der Waals surface area contributed by atoms with Crippen molar-refractivity contribution < 1.29 is 9.59 Å². The minimum absolute atomic E-state index is 0.0997. The lowest BCUT2D eigenvalue weighted by atomic mass is 9.96. The molecule has 5 rings (SSSR count). The molecule has 3 aromatic carbocycles. The summed E-state index contributed by atoms with van der Waals surface area (Å²) in [6.07, 6.45) is 0.256. The van der Waals surface area contributed by atoms with E-state index in [1.54, 1.807) is 0 Å². The van der Waals surface area contributed by atoms with E-state index in [-0.39, 0.29) is 30.3 Å². The highest BCUT2D eigenvalue weighted by molar-refractivity contribution is 14.1. The van der Waals surface area contributed by atoms with Crippen LogP contribution in [0.25, 0.3) is 0 Å². The molecule has 0 N–H and O–H groups in total. The van der Waals surface area contributed by atoms with Crippen LogP contribution in [-0.2, 0) is 9.59 Å². The Morgan fingerprint density at radius 2 is 1.27 bits per heavy atom. The van der Waals surface area contributed by atoms with Gasteiger partial charge in [-0.15, -0.1) is 0 Å². The maximum absolute atomic E-state index is 13.2. The van der Waals surface area contributed by atoms with Crippen molar-refractivity contribution in [1.82, 2.24) is 9.80 Å². The van der Waals surface area contributed by atoms with Gasteiger partial charge in [-0.1, -0.05) is 60.7 Å². The van der Waals surface area contributed by atoms with E-state index in [4.69, 9.17) is 0 Å². The molecule has 0 spiro atoms. The van der Waals surface area contributed by atoms with Crippen molar-refractivity contribution in [3.05, 3.63) is 99.6 Å². The molecule has 2 heterocycles. The standard InChI is InChI=1S/C27H26IN3O2/c28-22-11-13-23(14-12-22)31-25(32)19-24(27(31)33)29-15-17-30(18-16-29)26(20-7-3-1-4-8-20)21-9-5-2-6-10-21/h1-14,24,26H,15-19H2/t24-/m0/s1. The summed E-state index contributed by atoms with van der Waals surface area (Å²) in [7, 11) is 0. The molecule has 168 valence electrons. The third kappa shape index (κ3) is 4.60. The first-order chi connectivity index (χ1) is 16.1. The van der Waals surface area contributed by atoms with Gasteiger partial charge in [0.15, 0.2) is 0 Å². The normalized spacial score (nSPS) is 20.1. The minimum Gasteiger partial charge on any atom is -0.290 e. The number of piperazine rings is 1. The number of carbonyl (C=O) groups excluding carboxylic acids is 2. The van der Waals surface area contributed by atoms with Crippen LogP contribution in [0.15, 0.2) is 84.9 Å². The summed E-state index contributed by atoms with van der Waals surface area (Å²) in [6, 6.07) is 28.5. The zero-order chi connectivity index (χ0) is 22.8. The summed E-state index contributed by atoms with van der Waals surface area (Å²) in [4.78, 5) is 32.0. The number of benzene rings is 3. The van der Waals surface area contributed by atoms with Crippen LogP contribution in [0.3, 0.4) is 0 Å². The van der Waals surface area contributed by atoms with Gasteiger partial charge in [0.25, 0.3) is 5.91 Å². The maximum atomic E-state index is 13.2. The van der Waals surface area contributed by atoms with E-state index in [1.165, 1.54) is 16.0 Å². The van der Waals surface area contributed by atoms with Gasteiger partial charge in [0.05, 0.1) is 24.2 Å². The zero-order valence-electron chi connectivity index (χ0n) is 18.3. The summed E-state index contributed by atoms with van der Waals surface area (Å²) in [5.74, 6) is -0.211. The molecule has 3 aromatic rings. The van der Waals surface area contributed by atoms with Gasteiger partial charge in [-0.25, -0.2) is 4.90 Å². The van der Waals surface area contributed by atoms with Gasteiger partial charge in [0, 0.05) is 29.7 Å². The van der Waals surface area contributed by atoms with Gasteiger partial charge >= 0.3 is 0 Å². The number of hydrogen-bond donors (Lipinski definition) is 0. The topological polar surface area (TPSA) is 43.9 Å². The van der Waals surface area contributed by atoms with Gasteiger partial charge in [0.2, 0.25) is 5.91 Å². The van der Waals surface area contributed by atoms with Crippen LogP contribution < -0.4 is 4.90 Å². The van der Waals surface area contributed by atoms with Gasteiger partial charge in [-0.05, 0) is 58.0 Å². The number of hydrogen-bond acceptors (Lipinski definition) is 4. The van der Waals surface area contributed by atoms with E-state index in [0.29, 0.717) is 5.69 Å². The Kier molecular flexibility index (Phi) is 6.57. The molecule has 0 unspecified atom stereocenters. The molecule has 0 aliphatic carbocycles. The van der Waals surface area contributed by atoms with E-state index in [9.17, 15) is 9.59 Å². The zero-order valence-corrected chi connectivity index (χ0v) is 20.5. The fourth-order valence-electron chi connectivity index (χ4n) is 4.95. The third-order valence-electron chi connectivity index (χ3n) is 6.59. The van der Waals surface area contributed by atoms with Crippen LogP contribution in [0.1, 0.15) is 23.6 Å². The number of anilines is 1. The molecule has 0 radical (unpaired) electrons. The predicted molar refractivity (Wildman–Crippen MR) is 138 cm³/mol. The molecule has 0 bridgehead atoms. The van der Waals surface area contributed by atoms with E-state index >= 15 is 0 Å². The van der Waals surface area contributed by atoms with E-state index in [0.717, 1.165) is 29.7 Å². The van der Waals surface area contributed by atoms with Crippen LogP contribution in [0.5, 0.6) is 0 Å². The van der Waals surface area contributed by atoms with Crippen molar-refractivity contribution in [2.75, 3.05) is 31.1 Å². The molecule has 2 aliphatic rings. The monoisotopic (exact) mass is 551 g/mol. The van der Waals surface area contributed by atoms with Crippen LogP contribution in [0, 0.1) is 3.57 Å². The van der Waals surface area contributed by atoms with Crippen LogP contribution in [-0.4, -0.2) is 53.8 Å². The quantitative estimate of drug-likeness (QED) is 0.350. The van der Waals surface area contributed by atoms with E-state index in [2.05, 4.69) is 80.9 Å². The van der Waals surface area contributed by atoms with Crippen molar-refractivity contribution in [3.8, 4) is 0 Å². The summed E-state index contributed by atoms with van der Waals surface area (Å²) >= 11 is 2.22. The minimum atomic E-state index is -0.370. The largest absolute Gasteiger partial charge is 0.290 e. The highest BCUT2D eigenvalue weighted by atomic mass is 127. The molecule has 2 fully saturated rings.